The number of nitrogens with zero attached hydrogens (tertiary/aromatic N) is 1. The van der Waals surface area contributed by atoms with Gasteiger partial charge in [0.25, 0.3) is 5.91 Å². The molecule has 98 valence electrons. The highest BCUT2D eigenvalue weighted by Crippen LogP contribution is 2.10. The number of nitrogen functional groups attached to an aromatic ring is 1. The molecular weight excluding hydrogens is 245 g/mol. The summed E-state index contributed by atoms with van der Waals surface area (Å²) < 4.78 is 13.4. The first-order valence-electron chi connectivity index (χ1n) is 5.82. The molecule has 0 aliphatic heterocycles. The van der Waals surface area contributed by atoms with Crippen LogP contribution in [0.4, 0.5) is 10.2 Å². The van der Waals surface area contributed by atoms with E-state index in [0.717, 1.165) is 5.69 Å². The van der Waals surface area contributed by atoms with Crippen molar-refractivity contribution >= 4 is 11.7 Å². The number of amides is 1. The van der Waals surface area contributed by atoms with Crippen LogP contribution in [0.3, 0.4) is 0 Å². The maximum absolute atomic E-state index is 13.4. The molecule has 1 aromatic heterocycles. The Bertz CT molecular complexity index is 613. The second-order valence-electron chi connectivity index (χ2n) is 4.16. The number of hydrogen-bond donors (Lipinski definition) is 2. The summed E-state index contributed by atoms with van der Waals surface area (Å²) in [5.41, 5.74) is 7.13. The Balaban J connectivity index is 2.08. The number of anilines is 1. The van der Waals surface area contributed by atoms with E-state index in [-0.39, 0.29) is 24.1 Å². The largest absolute Gasteiger partial charge is 0.383 e. The van der Waals surface area contributed by atoms with Gasteiger partial charge in [0.2, 0.25) is 0 Å². The lowest BCUT2D eigenvalue weighted by Gasteiger charge is -2.08. The number of nitrogens with one attached hydrogen (secondary N) is 1. The van der Waals surface area contributed by atoms with Gasteiger partial charge in [0.05, 0.1) is 5.56 Å². The van der Waals surface area contributed by atoms with Gasteiger partial charge in [-0.1, -0.05) is 18.2 Å². The van der Waals surface area contributed by atoms with Crippen LogP contribution in [-0.4, -0.2) is 10.9 Å². The molecule has 19 heavy (non-hydrogen) atoms. The molecule has 3 N–H and O–H groups in total. The maximum Gasteiger partial charge on any atom is 0.255 e. The zero-order valence-corrected chi connectivity index (χ0v) is 10.5. The average molecular weight is 259 g/mol. The Hall–Kier alpha value is -2.43. The van der Waals surface area contributed by atoms with E-state index in [0.29, 0.717) is 11.1 Å². The quantitative estimate of drug-likeness (QED) is 0.886. The Labute approximate surface area is 110 Å². The van der Waals surface area contributed by atoms with Crippen molar-refractivity contribution in [1.29, 1.82) is 0 Å². The first-order valence-corrected chi connectivity index (χ1v) is 5.82. The molecule has 0 aliphatic rings. The third-order valence-corrected chi connectivity index (χ3v) is 2.71. The zero-order chi connectivity index (χ0) is 13.8. The molecule has 0 saturated carbocycles. The summed E-state index contributed by atoms with van der Waals surface area (Å²) in [6.45, 7) is 1.90. The first kappa shape index (κ1) is 13.0. The Kier molecular flexibility index (Phi) is 3.75. The van der Waals surface area contributed by atoms with E-state index in [9.17, 15) is 9.18 Å². The van der Waals surface area contributed by atoms with Crippen molar-refractivity contribution < 1.29 is 9.18 Å². The molecule has 0 saturated heterocycles. The van der Waals surface area contributed by atoms with E-state index >= 15 is 0 Å². The lowest BCUT2D eigenvalue weighted by molar-refractivity contribution is 0.0951. The van der Waals surface area contributed by atoms with Crippen LogP contribution in [0.2, 0.25) is 0 Å². The van der Waals surface area contributed by atoms with Gasteiger partial charge in [-0.2, -0.15) is 0 Å². The summed E-state index contributed by atoms with van der Waals surface area (Å²) in [6, 6.07) is 9.59. The number of aryl methyl sites for hydroxylation is 1. The number of benzene rings is 1. The summed E-state index contributed by atoms with van der Waals surface area (Å²) in [7, 11) is 0. The Morgan fingerprint density at radius 2 is 2.05 bits per heavy atom. The van der Waals surface area contributed by atoms with Crippen LogP contribution < -0.4 is 11.1 Å². The number of nitrogens with two attached hydrogens (primary N) is 1. The van der Waals surface area contributed by atoms with Crippen molar-refractivity contribution in [2.45, 2.75) is 13.5 Å². The molecule has 0 bridgehead atoms. The van der Waals surface area contributed by atoms with E-state index < -0.39 is 0 Å². The molecule has 0 fully saturated rings. The van der Waals surface area contributed by atoms with Crippen LogP contribution in [-0.2, 0) is 6.54 Å². The highest BCUT2D eigenvalue weighted by molar-refractivity contribution is 5.98. The smallest absolute Gasteiger partial charge is 0.255 e. The molecule has 0 spiro atoms. The summed E-state index contributed by atoms with van der Waals surface area (Å²) in [5.74, 6) is -0.544. The SMILES string of the molecule is Cc1ccc(C(=O)NCc2ccccc2F)c(N)n1. The predicted octanol–water partition coefficient (Wildman–Crippen LogP) is 2.04. The second-order valence-corrected chi connectivity index (χ2v) is 4.16. The normalized spacial score (nSPS) is 10.2. The fraction of sp³-hybridized carbons (Fsp3) is 0.143. The number of rotatable bonds is 3. The molecular formula is C14H14FN3O. The molecule has 0 atom stereocenters. The Morgan fingerprint density at radius 1 is 1.32 bits per heavy atom. The molecule has 5 heteroatoms. The van der Waals surface area contributed by atoms with Gasteiger partial charge >= 0.3 is 0 Å². The maximum atomic E-state index is 13.4. The fourth-order valence-corrected chi connectivity index (χ4v) is 1.68. The van der Waals surface area contributed by atoms with Gasteiger partial charge in [-0.05, 0) is 25.1 Å². The topological polar surface area (TPSA) is 68.0 Å². The zero-order valence-electron chi connectivity index (χ0n) is 10.5. The van der Waals surface area contributed by atoms with Crippen molar-refractivity contribution in [3.05, 3.63) is 59.0 Å². The minimum atomic E-state index is -0.367. The van der Waals surface area contributed by atoms with E-state index in [2.05, 4.69) is 10.3 Å². The van der Waals surface area contributed by atoms with Crippen molar-refractivity contribution in [2.75, 3.05) is 5.73 Å². The fourth-order valence-electron chi connectivity index (χ4n) is 1.68. The molecule has 0 radical (unpaired) electrons. The molecule has 1 amide bonds. The average Bonchev–Trinajstić information content (AvgIpc) is 2.37. The second kappa shape index (κ2) is 5.48. The molecule has 2 rings (SSSR count). The first-order chi connectivity index (χ1) is 9.08. The highest BCUT2D eigenvalue weighted by Gasteiger charge is 2.11. The van der Waals surface area contributed by atoms with Crippen LogP contribution in [0.5, 0.6) is 0 Å². The van der Waals surface area contributed by atoms with Crippen LogP contribution in [0.1, 0.15) is 21.6 Å². The molecule has 1 aromatic carbocycles. The number of carbonyl (C=O) groups excluding carboxylic acids is 1. The third kappa shape index (κ3) is 3.07. The van der Waals surface area contributed by atoms with Crippen LogP contribution in [0, 0.1) is 12.7 Å². The summed E-state index contributed by atoms with van der Waals surface area (Å²) in [6.07, 6.45) is 0. The summed E-state index contributed by atoms with van der Waals surface area (Å²) in [5, 5.41) is 2.62. The monoisotopic (exact) mass is 259 g/mol. The highest BCUT2D eigenvalue weighted by atomic mass is 19.1. The van der Waals surface area contributed by atoms with Crippen molar-refractivity contribution in [2.24, 2.45) is 0 Å². The minimum Gasteiger partial charge on any atom is -0.383 e. The van der Waals surface area contributed by atoms with Crippen molar-refractivity contribution in [3.8, 4) is 0 Å². The lowest BCUT2D eigenvalue weighted by Crippen LogP contribution is -2.24. The third-order valence-electron chi connectivity index (χ3n) is 2.71. The number of halogens is 1. The number of carbonyl (C=O) groups is 1. The van der Waals surface area contributed by atoms with E-state index in [4.69, 9.17) is 5.73 Å². The van der Waals surface area contributed by atoms with E-state index in [1.54, 1.807) is 37.3 Å². The molecule has 0 unspecified atom stereocenters. The number of aromatic nitrogens is 1. The summed E-state index contributed by atoms with van der Waals surface area (Å²) >= 11 is 0. The van der Waals surface area contributed by atoms with Gasteiger partial charge in [-0.25, -0.2) is 9.37 Å². The van der Waals surface area contributed by atoms with Crippen molar-refractivity contribution in [3.63, 3.8) is 0 Å². The van der Waals surface area contributed by atoms with Crippen molar-refractivity contribution in [1.82, 2.24) is 10.3 Å². The van der Waals surface area contributed by atoms with Gasteiger partial charge < -0.3 is 11.1 Å². The van der Waals surface area contributed by atoms with Gasteiger partial charge in [-0.15, -0.1) is 0 Å². The van der Waals surface area contributed by atoms with Gasteiger partial charge in [-0.3, -0.25) is 4.79 Å². The van der Waals surface area contributed by atoms with E-state index in [1.165, 1.54) is 6.07 Å². The molecule has 0 aliphatic carbocycles. The van der Waals surface area contributed by atoms with E-state index in [1.807, 2.05) is 0 Å². The molecule has 1 heterocycles. The van der Waals surface area contributed by atoms with Gasteiger partial charge in [0, 0.05) is 17.8 Å². The standard InChI is InChI=1S/C14H14FN3O/c1-9-6-7-11(13(16)18-9)14(19)17-8-10-4-2-3-5-12(10)15/h2-7H,8H2,1H3,(H2,16,18)(H,17,19). The van der Waals surface area contributed by atoms with Gasteiger partial charge in [0.15, 0.2) is 0 Å². The van der Waals surface area contributed by atoms with Gasteiger partial charge in [0.1, 0.15) is 11.6 Å². The molecule has 2 aromatic rings. The van der Waals surface area contributed by atoms with Crippen LogP contribution in [0.15, 0.2) is 36.4 Å². The predicted molar refractivity (Wildman–Crippen MR) is 71.0 cm³/mol. The minimum absolute atomic E-state index is 0.110. The van der Waals surface area contributed by atoms with Crippen LogP contribution >= 0.6 is 0 Å². The number of hydrogen-bond acceptors (Lipinski definition) is 3. The number of pyridine rings is 1. The lowest BCUT2D eigenvalue weighted by atomic mass is 10.2. The van der Waals surface area contributed by atoms with Crippen LogP contribution in [0.25, 0.3) is 0 Å². The summed E-state index contributed by atoms with van der Waals surface area (Å²) in [4.78, 5) is 15.9. The molecule has 4 nitrogen and oxygen atoms in total. The Morgan fingerprint density at radius 3 is 2.74 bits per heavy atom.